The summed E-state index contributed by atoms with van der Waals surface area (Å²) >= 11 is 0. The number of aliphatic hydroxyl groups is 1. The molecule has 30 heavy (non-hydrogen) atoms. The molecule has 0 fully saturated rings. The van der Waals surface area contributed by atoms with Crippen LogP contribution in [0.15, 0.2) is 40.1 Å². The average Bonchev–Trinajstić information content (AvgIpc) is 3.20. The Hall–Kier alpha value is -2.69. The summed E-state index contributed by atoms with van der Waals surface area (Å²) in [6.07, 6.45) is 4.42. The van der Waals surface area contributed by atoms with Crippen molar-refractivity contribution < 1.29 is 42.9 Å². The van der Waals surface area contributed by atoms with E-state index in [2.05, 4.69) is 5.16 Å². The maximum atomic E-state index is 11.2. The number of ether oxygens (including phenoxy) is 4. The van der Waals surface area contributed by atoms with E-state index in [9.17, 15) is 14.7 Å². The fourth-order valence-corrected chi connectivity index (χ4v) is 2.55. The first kappa shape index (κ1) is 23.6. The van der Waals surface area contributed by atoms with Crippen LogP contribution in [0.1, 0.15) is 26.0 Å². The Balaban J connectivity index is 1.67. The number of oxime groups is 1. The summed E-state index contributed by atoms with van der Waals surface area (Å²) in [5.41, 5.74) is 0. The Bertz CT molecular complexity index is 701. The number of hydrogen-bond acceptors (Lipinski definition) is 10. The van der Waals surface area contributed by atoms with Crippen molar-refractivity contribution >= 4 is 18.2 Å². The summed E-state index contributed by atoms with van der Waals surface area (Å²) in [6, 6.07) is 3.54. The Morgan fingerprint density at radius 3 is 2.80 bits per heavy atom. The summed E-state index contributed by atoms with van der Waals surface area (Å²) in [5, 5.41) is 13.6. The minimum Gasteiger partial charge on any atom is -0.467 e. The van der Waals surface area contributed by atoms with Gasteiger partial charge in [0.1, 0.15) is 43.9 Å². The molecule has 10 heteroatoms. The molecule has 0 saturated carbocycles. The molecule has 0 aromatic carbocycles. The maximum Gasteiger partial charge on any atom is 0.303 e. The van der Waals surface area contributed by atoms with Crippen molar-refractivity contribution in [1.82, 2.24) is 0 Å². The highest BCUT2D eigenvalue weighted by atomic mass is 16.6. The van der Waals surface area contributed by atoms with Crippen LogP contribution in [0.5, 0.6) is 0 Å². The van der Waals surface area contributed by atoms with Gasteiger partial charge in [0.25, 0.3) is 0 Å². The molecule has 0 bridgehead atoms. The predicted molar refractivity (Wildman–Crippen MR) is 103 cm³/mol. The number of hydrogen-bond donors (Lipinski definition) is 1. The first-order valence-electron chi connectivity index (χ1n) is 9.50. The molecule has 2 heterocycles. The quantitative estimate of drug-likeness (QED) is 0.229. The molecule has 1 aliphatic rings. The van der Waals surface area contributed by atoms with Gasteiger partial charge in [0, 0.05) is 26.5 Å². The standard InChI is InChI=1S/C20H27NO9/c1-14(22)27-13-20-19(29-15(2)23)6-5-17(30-20)7-8-21-28-11-16(24)10-25-12-18-4-3-9-26-18/h3-6,8-9,16-17,19-20,24H,7,10-13H2,1-2H3/t16-,17-,19-,20+/m0/s1. The summed E-state index contributed by atoms with van der Waals surface area (Å²) in [6.45, 7) is 2.87. The highest BCUT2D eigenvalue weighted by molar-refractivity contribution is 5.67. The lowest BCUT2D eigenvalue weighted by Crippen LogP contribution is -2.41. The van der Waals surface area contributed by atoms with E-state index in [1.807, 2.05) is 0 Å². The summed E-state index contributed by atoms with van der Waals surface area (Å²) in [7, 11) is 0. The number of esters is 2. The summed E-state index contributed by atoms with van der Waals surface area (Å²) in [4.78, 5) is 27.3. The van der Waals surface area contributed by atoms with Crippen LogP contribution < -0.4 is 0 Å². The first-order valence-corrected chi connectivity index (χ1v) is 9.50. The van der Waals surface area contributed by atoms with Gasteiger partial charge in [-0.3, -0.25) is 9.59 Å². The molecule has 1 aromatic rings. The van der Waals surface area contributed by atoms with Gasteiger partial charge in [-0.1, -0.05) is 11.2 Å². The van der Waals surface area contributed by atoms with E-state index >= 15 is 0 Å². The molecule has 2 rings (SSSR count). The molecule has 1 aromatic heterocycles. The van der Waals surface area contributed by atoms with Gasteiger partial charge in [0.2, 0.25) is 0 Å². The molecule has 0 amide bonds. The van der Waals surface area contributed by atoms with E-state index in [0.717, 1.165) is 0 Å². The van der Waals surface area contributed by atoms with Gasteiger partial charge in [0.05, 0.1) is 19.0 Å². The third-order valence-electron chi connectivity index (χ3n) is 3.87. The largest absolute Gasteiger partial charge is 0.467 e. The Morgan fingerprint density at radius 2 is 2.10 bits per heavy atom. The number of carbonyl (C=O) groups excluding carboxylic acids is 2. The van der Waals surface area contributed by atoms with E-state index in [0.29, 0.717) is 12.2 Å². The van der Waals surface area contributed by atoms with Gasteiger partial charge in [-0.15, -0.1) is 0 Å². The zero-order valence-electron chi connectivity index (χ0n) is 17.0. The SMILES string of the molecule is CC(=O)OC[C@H]1O[C@H](CC=NOC[C@@H](O)COCc2ccco2)C=C[C@@H]1OC(C)=O. The molecular weight excluding hydrogens is 398 g/mol. The second-order valence-corrected chi connectivity index (χ2v) is 6.54. The smallest absolute Gasteiger partial charge is 0.303 e. The minimum absolute atomic E-state index is 0.0282. The lowest BCUT2D eigenvalue weighted by atomic mass is 10.1. The predicted octanol–water partition coefficient (Wildman–Crippen LogP) is 1.37. The summed E-state index contributed by atoms with van der Waals surface area (Å²) in [5.74, 6) is -0.237. The van der Waals surface area contributed by atoms with Crippen molar-refractivity contribution in [2.75, 3.05) is 19.8 Å². The van der Waals surface area contributed by atoms with Gasteiger partial charge < -0.3 is 33.3 Å². The maximum absolute atomic E-state index is 11.2. The molecule has 1 N–H and O–H groups in total. The fraction of sp³-hybridized carbons (Fsp3) is 0.550. The zero-order chi connectivity index (χ0) is 21.8. The molecule has 166 valence electrons. The van der Waals surface area contributed by atoms with E-state index in [1.165, 1.54) is 20.1 Å². The Morgan fingerprint density at radius 1 is 1.27 bits per heavy atom. The lowest BCUT2D eigenvalue weighted by molar-refractivity contribution is -0.163. The van der Waals surface area contributed by atoms with Crippen LogP contribution in [-0.4, -0.2) is 67.5 Å². The van der Waals surface area contributed by atoms with Gasteiger partial charge in [-0.25, -0.2) is 0 Å². The second kappa shape index (κ2) is 12.8. The minimum atomic E-state index is -0.833. The first-order chi connectivity index (χ1) is 14.4. The monoisotopic (exact) mass is 425 g/mol. The zero-order valence-corrected chi connectivity index (χ0v) is 17.0. The number of rotatable bonds is 12. The number of furan rings is 1. The third kappa shape index (κ3) is 9.21. The highest BCUT2D eigenvalue weighted by Gasteiger charge is 2.30. The molecule has 4 atom stereocenters. The van der Waals surface area contributed by atoms with Gasteiger partial charge in [-0.05, 0) is 18.2 Å². The molecule has 0 saturated heterocycles. The van der Waals surface area contributed by atoms with Crippen molar-refractivity contribution in [3.63, 3.8) is 0 Å². The van der Waals surface area contributed by atoms with E-state index < -0.39 is 30.3 Å². The summed E-state index contributed by atoms with van der Waals surface area (Å²) < 4.78 is 26.4. The van der Waals surface area contributed by atoms with Crippen LogP contribution in [-0.2, 0) is 40.0 Å². The highest BCUT2D eigenvalue weighted by Crippen LogP contribution is 2.18. The molecule has 10 nitrogen and oxygen atoms in total. The third-order valence-corrected chi connectivity index (χ3v) is 3.87. The van der Waals surface area contributed by atoms with E-state index in [4.69, 9.17) is 28.2 Å². The Kier molecular flexibility index (Phi) is 10.1. The molecule has 0 aliphatic carbocycles. The number of carbonyl (C=O) groups is 2. The van der Waals surface area contributed by atoms with Crippen molar-refractivity contribution in [2.24, 2.45) is 5.16 Å². The number of nitrogens with zero attached hydrogens (tertiary/aromatic N) is 1. The van der Waals surface area contributed by atoms with Gasteiger partial charge >= 0.3 is 11.9 Å². The molecule has 0 spiro atoms. The van der Waals surface area contributed by atoms with Crippen LogP contribution >= 0.6 is 0 Å². The van der Waals surface area contributed by atoms with Crippen LogP contribution in [0.3, 0.4) is 0 Å². The molecule has 0 radical (unpaired) electrons. The number of aliphatic hydroxyl groups excluding tert-OH is 1. The van der Waals surface area contributed by atoms with Crippen LogP contribution in [0.25, 0.3) is 0 Å². The topological polar surface area (TPSA) is 126 Å². The van der Waals surface area contributed by atoms with Gasteiger partial charge in [0.15, 0.2) is 0 Å². The van der Waals surface area contributed by atoms with Crippen molar-refractivity contribution in [2.45, 2.75) is 51.3 Å². The van der Waals surface area contributed by atoms with Crippen molar-refractivity contribution in [3.05, 3.63) is 36.3 Å². The average molecular weight is 425 g/mol. The lowest BCUT2D eigenvalue weighted by Gasteiger charge is -2.30. The molecule has 0 unspecified atom stereocenters. The van der Waals surface area contributed by atoms with Crippen LogP contribution in [0.2, 0.25) is 0 Å². The van der Waals surface area contributed by atoms with E-state index in [-0.39, 0.29) is 32.5 Å². The normalized spacial score (nSPS) is 22.0. The molecule has 1 aliphatic heterocycles. The van der Waals surface area contributed by atoms with Gasteiger partial charge in [-0.2, -0.15) is 0 Å². The van der Waals surface area contributed by atoms with Crippen LogP contribution in [0, 0.1) is 0 Å². The Labute approximate surface area is 174 Å². The van der Waals surface area contributed by atoms with Crippen molar-refractivity contribution in [3.8, 4) is 0 Å². The molecular formula is C20H27NO9. The van der Waals surface area contributed by atoms with Crippen molar-refractivity contribution in [1.29, 1.82) is 0 Å². The van der Waals surface area contributed by atoms with E-state index in [1.54, 1.807) is 30.5 Å². The fourth-order valence-electron chi connectivity index (χ4n) is 2.55. The van der Waals surface area contributed by atoms with Crippen LogP contribution in [0.4, 0.5) is 0 Å². The second-order valence-electron chi connectivity index (χ2n) is 6.54.